The van der Waals surface area contributed by atoms with Crippen LogP contribution < -0.4 is 19.5 Å². The lowest BCUT2D eigenvalue weighted by Crippen LogP contribution is -2.43. The minimum atomic E-state index is -0.579. The minimum absolute atomic E-state index is 0.0979. The SMILES string of the molecule is COc1ccccc1OCC(CO)NC(=O)COc1cccc2[nH]c3ccccc3c12. The van der Waals surface area contributed by atoms with Gasteiger partial charge in [-0.2, -0.15) is 0 Å². The van der Waals surface area contributed by atoms with E-state index in [1.165, 1.54) is 0 Å². The minimum Gasteiger partial charge on any atom is -0.493 e. The second kappa shape index (κ2) is 9.40. The Morgan fingerprint density at radius 3 is 2.45 bits per heavy atom. The molecule has 0 bridgehead atoms. The van der Waals surface area contributed by atoms with Crippen LogP contribution >= 0.6 is 0 Å². The lowest BCUT2D eigenvalue weighted by molar-refractivity contribution is -0.124. The summed E-state index contributed by atoms with van der Waals surface area (Å²) in [5.41, 5.74) is 1.95. The summed E-state index contributed by atoms with van der Waals surface area (Å²) in [6, 6.07) is 20.3. The average Bonchev–Trinajstić information content (AvgIpc) is 3.19. The van der Waals surface area contributed by atoms with Crippen LogP contribution in [0.1, 0.15) is 0 Å². The van der Waals surface area contributed by atoms with E-state index in [9.17, 15) is 9.90 Å². The number of fused-ring (bicyclic) bond motifs is 3. The molecule has 3 N–H and O–H groups in total. The van der Waals surface area contributed by atoms with E-state index in [0.29, 0.717) is 17.2 Å². The van der Waals surface area contributed by atoms with Gasteiger partial charge in [0.2, 0.25) is 0 Å². The number of benzene rings is 3. The van der Waals surface area contributed by atoms with Gasteiger partial charge < -0.3 is 29.6 Å². The first-order valence-corrected chi connectivity index (χ1v) is 9.98. The molecule has 31 heavy (non-hydrogen) atoms. The number of H-pyrrole nitrogens is 1. The first-order valence-electron chi connectivity index (χ1n) is 9.98. The quantitative estimate of drug-likeness (QED) is 0.387. The van der Waals surface area contributed by atoms with Gasteiger partial charge in [0.15, 0.2) is 18.1 Å². The Kier molecular flexibility index (Phi) is 6.24. The molecule has 0 fully saturated rings. The number of aliphatic hydroxyl groups excluding tert-OH is 1. The van der Waals surface area contributed by atoms with Gasteiger partial charge in [-0.1, -0.05) is 36.4 Å². The molecule has 1 unspecified atom stereocenters. The fourth-order valence-electron chi connectivity index (χ4n) is 3.47. The molecule has 0 saturated heterocycles. The molecule has 160 valence electrons. The summed E-state index contributed by atoms with van der Waals surface area (Å²) in [4.78, 5) is 15.8. The van der Waals surface area contributed by atoms with Gasteiger partial charge in [-0.05, 0) is 30.3 Å². The molecule has 7 heteroatoms. The lowest BCUT2D eigenvalue weighted by Gasteiger charge is -2.18. The molecule has 0 radical (unpaired) electrons. The maximum atomic E-state index is 12.4. The largest absolute Gasteiger partial charge is 0.493 e. The maximum Gasteiger partial charge on any atom is 0.258 e. The van der Waals surface area contributed by atoms with E-state index in [-0.39, 0.29) is 25.7 Å². The van der Waals surface area contributed by atoms with Crippen LogP contribution in [0.2, 0.25) is 0 Å². The summed E-state index contributed by atoms with van der Waals surface area (Å²) in [5, 5.41) is 14.3. The molecule has 1 heterocycles. The number of amides is 1. The average molecular weight is 420 g/mol. The molecule has 4 aromatic rings. The number of aliphatic hydroxyl groups is 1. The molecule has 7 nitrogen and oxygen atoms in total. The molecule has 0 aliphatic carbocycles. The number of nitrogens with one attached hydrogen (secondary N) is 2. The highest BCUT2D eigenvalue weighted by atomic mass is 16.5. The number of rotatable bonds is 9. The number of para-hydroxylation sites is 3. The number of carbonyl (C=O) groups is 1. The van der Waals surface area contributed by atoms with Crippen LogP contribution in [-0.4, -0.2) is 49.0 Å². The van der Waals surface area contributed by atoms with Gasteiger partial charge in [0.1, 0.15) is 12.4 Å². The van der Waals surface area contributed by atoms with Gasteiger partial charge in [0.05, 0.1) is 25.3 Å². The van der Waals surface area contributed by atoms with Crippen LogP contribution in [-0.2, 0) is 4.79 Å². The van der Waals surface area contributed by atoms with Crippen molar-refractivity contribution in [2.45, 2.75) is 6.04 Å². The summed E-state index contributed by atoms with van der Waals surface area (Å²) < 4.78 is 16.8. The standard InChI is InChI=1S/C24H24N2O5/c1-29-20-10-4-5-11-21(20)30-14-16(13-27)25-23(28)15-31-22-12-6-9-19-24(22)17-7-2-3-8-18(17)26-19/h2-12,16,26-27H,13-15H2,1H3,(H,25,28). The molecule has 1 aromatic heterocycles. The maximum absolute atomic E-state index is 12.4. The molecule has 4 rings (SSSR count). The van der Waals surface area contributed by atoms with E-state index in [4.69, 9.17) is 14.2 Å². The molecule has 0 aliphatic rings. The van der Waals surface area contributed by atoms with Gasteiger partial charge >= 0.3 is 0 Å². The van der Waals surface area contributed by atoms with Crippen LogP contribution in [0.25, 0.3) is 21.8 Å². The summed E-state index contributed by atoms with van der Waals surface area (Å²) in [6.07, 6.45) is 0. The third kappa shape index (κ3) is 4.57. The van der Waals surface area contributed by atoms with E-state index in [2.05, 4.69) is 10.3 Å². The van der Waals surface area contributed by atoms with Crippen molar-refractivity contribution in [3.63, 3.8) is 0 Å². The van der Waals surface area contributed by atoms with Gasteiger partial charge in [-0.15, -0.1) is 0 Å². The topological polar surface area (TPSA) is 92.8 Å². The summed E-state index contributed by atoms with van der Waals surface area (Å²) in [7, 11) is 1.55. The van der Waals surface area contributed by atoms with Crippen molar-refractivity contribution in [3.8, 4) is 17.2 Å². The summed E-state index contributed by atoms with van der Waals surface area (Å²) >= 11 is 0. The zero-order valence-electron chi connectivity index (χ0n) is 17.1. The van der Waals surface area contributed by atoms with Crippen molar-refractivity contribution in [1.29, 1.82) is 0 Å². The number of aromatic amines is 1. The van der Waals surface area contributed by atoms with Crippen LogP contribution in [0.3, 0.4) is 0 Å². The van der Waals surface area contributed by atoms with Crippen molar-refractivity contribution in [1.82, 2.24) is 10.3 Å². The fourth-order valence-corrected chi connectivity index (χ4v) is 3.47. The normalized spacial score (nSPS) is 11.9. The smallest absolute Gasteiger partial charge is 0.258 e. The monoisotopic (exact) mass is 420 g/mol. The van der Waals surface area contributed by atoms with Crippen LogP contribution in [0.5, 0.6) is 17.2 Å². The number of hydrogen-bond acceptors (Lipinski definition) is 5. The summed E-state index contributed by atoms with van der Waals surface area (Å²) in [6.45, 7) is -0.344. The first kappa shape index (κ1) is 20.6. The second-order valence-corrected chi connectivity index (χ2v) is 7.05. The summed E-state index contributed by atoms with van der Waals surface area (Å²) in [5.74, 6) is 1.40. The van der Waals surface area contributed by atoms with Crippen molar-refractivity contribution in [2.24, 2.45) is 0 Å². The number of hydrogen-bond donors (Lipinski definition) is 3. The van der Waals surface area contributed by atoms with E-state index in [0.717, 1.165) is 21.8 Å². The van der Waals surface area contributed by atoms with E-state index in [1.54, 1.807) is 19.2 Å². The predicted octanol–water partition coefficient (Wildman–Crippen LogP) is 3.26. The Bertz CT molecular complexity index is 1190. The predicted molar refractivity (Wildman–Crippen MR) is 119 cm³/mol. The molecule has 3 aromatic carbocycles. The molecule has 0 aliphatic heterocycles. The number of methoxy groups -OCH3 is 1. The first-order chi connectivity index (χ1) is 15.2. The number of ether oxygens (including phenoxy) is 3. The zero-order chi connectivity index (χ0) is 21.6. The fraction of sp³-hybridized carbons (Fsp3) is 0.208. The van der Waals surface area contributed by atoms with Crippen molar-refractivity contribution >= 4 is 27.7 Å². The Morgan fingerprint density at radius 1 is 0.935 bits per heavy atom. The molecule has 0 spiro atoms. The highest BCUT2D eigenvalue weighted by Gasteiger charge is 2.15. The van der Waals surface area contributed by atoms with Crippen molar-refractivity contribution in [2.75, 3.05) is 26.9 Å². The highest BCUT2D eigenvalue weighted by Crippen LogP contribution is 2.32. The molecular weight excluding hydrogens is 396 g/mol. The third-order valence-electron chi connectivity index (χ3n) is 4.95. The van der Waals surface area contributed by atoms with Gasteiger partial charge in [-0.3, -0.25) is 4.79 Å². The zero-order valence-corrected chi connectivity index (χ0v) is 17.1. The Hall–Kier alpha value is -3.71. The van der Waals surface area contributed by atoms with Crippen LogP contribution in [0, 0.1) is 0 Å². The van der Waals surface area contributed by atoms with Crippen LogP contribution in [0.4, 0.5) is 0 Å². The van der Waals surface area contributed by atoms with E-state index >= 15 is 0 Å². The Morgan fingerprint density at radius 2 is 1.65 bits per heavy atom. The Balaban J connectivity index is 1.38. The molecular formula is C24H24N2O5. The molecule has 1 atom stereocenters. The second-order valence-electron chi connectivity index (χ2n) is 7.05. The number of carbonyl (C=O) groups excluding carboxylic acids is 1. The van der Waals surface area contributed by atoms with Crippen molar-refractivity contribution < 1.29 is 24.1 Å². The van der Waals surface area contributed by atoms with Gasteiger partial charge in [-0.25, -0.2) is 0 Å². The van der Waals surface area contributed by atoms with E-state index < -0.39 is 6.04 Å². The third-order valence-corrected chi connectivity index (χ3v) is 4.95. The number of aromatic nitrogens is 1. The molecule has 1 amide bonds. The van der Waals surface area contributed by atoms with E-state index in [1.807, 2.05) is 54.6 Å². The van der Waals surface area contributed by atoms with Gasteiger partial charge in [0.25, 0.3) is 5.91 Å². The van der Waals surface area contributed by atoms with Crippen LogP contribution in [0.15, 0.2) is 66.7 Å². The molecule has 0 saturated carbocycles. The highest BCUT2D eigenvalue weighted by molar-refractivity contribution is 6.10. The van der Waals surface area contributed by atoms with Gasteiger partial charge in [0, 0.05) is 16.3 Å². The van der Waals surface area contributed by atoms with Crippen molar-refractivity contribution in [3.05, 3.63) is 66.7 Å². The Labute approximate surface area is 179 Å². The lowest BCUT2D eigenvalue weighted by atomic mass is 10.1.